The lowest BCUT2D eigenvalue weighted by atomic mass is 10.1. The molecule has 0 radical (unpaired) electrons. The summed E-state index contributed by atoms with van der Waals surface area (Å²) in [5.74, 6) is -2.02. The fourth-order valence-corrected chi connectivity index (χ4v) is 2.27. The third-order valence-electron chi connectivity index (χ3n) is 3.58. The molecule has 25 heavy (non-hydrogen) atoms. The van der Waals surface area contributed by atoms with Crippen LogP contribution in [0.15, 0.2) is 24.3 Å². The molecule has 0 aliphatic heterocycles. The van der Waals surface area contributed by atoms with Gasteiger partial charge in [0.2, 0.25) is 5.91 Å². The minimum Gasteiger partial charge on any atom is -0.481 e. The average molecular weight is 350 g/mol. The lowest BCUT2D eigenvalue weighted by Crippen LogP contribution is -2.38. The van der Waals surface area contributed by atoms with Crippen LogP contribution in [0.4, 0.5) is 5.69 Å². The summed E-state index contributed by atoms with van der Waals surface area (Å²) in [6.07, 6.45) is 0.635. The molecule has 2 N–H and O–H groups in total. The number of nitrogens with zero attached hydrogens (tertiary/aromatic N) is 1. The molecule has 0 aromatic heterocycles. The van der Waals surface area contributed by atoms with Crippen LogP contribution in [0.25, 0.3) is 0 Å². The van der Waals surface area contributed by atoms with Crippen molar-refractivity contribution in [2.75, 3.05) is 31.6 Å². The third-order valence-corrected chi connectivity index (χ3v) is 3.58. The van der Waals surface area contributed by atoms with E-state index in [1.165, 1.54) is 11.8 Å². The summed E-state index contributed by atoms with van der Waals surface area (Å²) >= 11 is 0. The maximum atomic E-state index is 12.7. The summed E-state index contributed by atoms with van der Waals surface area (Å²) in [5.41, 5.74) is 1.05. The van der Waals surface area contributed by atoms with E-state index in [4.69, 9.17) is 9.84 Å². The van der Waals surface area contributed by atoms with E-state index in [1.807, 2.05) is 6.92 Å². The zero-order chi connectivity index (χ0) is 18.8. The molecule has 7 heteroatoms. The average Bonchev–Trinajstić information content (AvgIpc) is 2.57. The second-order valence-corrected chi connectivity index (χ2v) is 5.80. The third kappa shape index (κ3) is 7.34. The van der Waals surface area contributed by atoms with Gasteiger partial charge in [-0.3, -0.25) is 14.4 Å². The molecule has 0 saturated heterocycles. The molecule has 0 fully saturated rings. The molecule has 0 aliphatic rings. The van der Waals surface area contributed by atoms with Crippen molar-refractivity contribution in [1.82, 2.24) is 4.90 Å². The van der Waals surface area contributed by atoms with Gasteiger partial charge in [-0.1, -0.05) is 6.92 Å². The van der Waals surface area contributed by atoms with Crippen LogP contribution in [0.3, 0.4) is 0 Å². The number of carboxylic acids is 1. The Bertz CT molecular complexity index is 586. The van der Waals surface area contributed by atoms with Crippen molar-refractivity contribution in [3.05, 3.63) is 29.8 Å². The molecular formula is C18H26N2O5. The Morgan fingerprint density at radius 1 is 1.24 bits per heavy atom. The number of aliphatic carboxylic acids is 1. The number of ether oxygens (including phenoxy) is 1. The van der Waals surface area contributed by atoms with E-state index in [2.05, 4.69) is 5.32 Å². The summed E-state index contributed by atoms with van der Waals surface area (Å²) in [7, 11) is 0. The van der Waals surface area contributed by atoms with Crippen molar-refractivity contribution in [3.8, 4) is 0 Å². The monoisotopic (exact) mass is 350 g/mol. The lowest BCUT2D eigenvalue weighted by molar-refractivity contribution is -0.141. The Morgan fingerprint density at radius 3 is 2.40 bits per heavy atom. The molecule has 0 spiro atoms. The van der Waals surface area contributed by atoms with Gasteiger partial charge >= 0.3 is 5.97 Å². The first-order valence-electron chi connectivity index (χ1n) is 8.32. The van der Waals surface area contributed by atoms with Crippen molar-refractivity contribution in [3.63, 3.8) is 0 Å². The highest BCUT2D eigenvalue weighted by Gasteiger charge is 2.21. The molecule has 138 valence electrons. The van der Waals surface area contributed by atoms with Gasteiger partial charge < -0.3 is 20.1 Å². The number of nitrogens with one attached hydrogen (secondary N) is 1. The Labute approximate surface area is 148 Å². The van der Waals surface area contributed by atoms with E-state index in [-0.39, 0.29) is 18.4 Å². The second kappa shape index (κ2) is 10.5. The Hall–Kier alpha value is -2.41. The standard InChI is InChI=1S/C18H26N2O5/c1-4-25-11-5-10-20(12-13(2)18(23)24)17(22)15-6-8-16(9-7-15)19-14(3)21/h6-9,13H,4-5,10-12H2,1-3H3,(H,19,21)(H,23,24). The minimum absolute atomic E-state index is 0.133. The van der Waals surface area contributed by atoms with Crippen LogP contribution in [0, 0.1) is 5.92 Å². The lowest BCUT2D eigenvalue weighted by Gasteiger charge is -2.24. The highest BCUT2D eigenvalue weighted by molar-refractivity contribution is 5.95. The van der Waals surface area contributed by atoms with Crippen molar-refractivity contribution >= 4 is 23.5 Å². The van der Waals surface area contributed by atoms with Gasteiger partial charge in [0.15, 0.2) is 0 Å². The molecule has 0 saturated carbocycles. The molecule has 2 amide bonds. The first-order valence-corrected chi connectivity index (χ1v) is 8.32. The predicted octanol–water partition coefficient (Wildman–Crippen LogP) is 2.23. The summed E-state index contributed by atoms with van der Waals surface area (Å²) in [6, 6.07) is 6.53. The molecule has 0 bridgehead atoms. The van der Waals surface area contributed by atoms with Gasteiger partial charge in [-0.2, -0.15) is 0 Å². The van der Waals surface area contributed by atoms with E-state index in [9.17, 15) is 14.4 Å². The highest BCUT2D eigenvalue weighted by Crippen LogP contribution is 2.13. The highest BCUT2D eigenvalue weighted by atomic mass is 16.5. The number of carboxylic acid groups (broad SMARTS) is 1. The van der Waals surface area contributed by atoms with E-state index in [1.54, 1.807) is 31.2 Å². The van der Waals surface area contributed by atoms with Crippen LogP contribution in [-0.2, 0) is 14.3 Å². The number of rotatable bonds is 10. The van der Waals surface area contributed by atoms with Crippen LogP contribution in [0.5, 0.6) is 0 Å². The van der Waals surface area contributed by atoms with E-state index in [0.717, 1.165) is 0 Å². The van der Waals surface area contributed by atoms with Gasteiger partial charge in [0.25, 0.3) is 5.91 Å². The molecule has 1 aromatic rings. The van der Waals surface area contributed by atoms with Crippen LogP contribution >= 0.6 is 0 Å². The number of amides is 2. The number of hydrogen-bond acceptors (Lipinski definition) is 4. The zero-order valence-electron chi connectivity index (χ0n) is 14.9. The van der Waals surface area contributed by atoms with Gasteiger partial charge in [-0.05, 0) is 37.6 Å². The first-order chi connectivity index (χ1) is 11.8. The molecule has 1 aromatic carbocycles. The second-order valence-electron chi connectivity index (χ2n) is 5.80. The number of carbonyl (C=O) groups is 3. The summed E-state index contributed by atoms with van der Waals surface area (Å²) < 4.78 is 5.28. The van der Waals surface area contributed by atoms with E-state index >= 15 is 0 Å². The van der Waals surface area contributed by atoms with Crippen molar-refractivity contribution in [2.24, 2.45) is 5.92 Å². The molecule has 1 atom stereocenters. The van der Waals surface area contributed by atoms with Crippen molar-refractivity contribution in [1.29, 1.82) is 0 Å². The molecule has 7 nitrogen and oxygen atoms in total. The fourth-order valence-electron chi connectivity index (χ4n) is 2.27. The van der Waals surface area contributed by atoms with Gasteiger partial charge in [0.1, 0.15) is 0 Å². The van der Waals surface area contributed by atoms with Gasteiger partial charge in [-0.25, -0.2) is 0 Å². The van der Waals surface area contributed by atoms with Crippen molar-refractivity contribution in [2.45, 2.75) is 27.2 Å². The van der Waals surface area contributed by atoms with Crippen LogP contribution in [0.2, 0.25) is 0 Å². The molecule has 1 unspecified atom stereocenters. The summed E-state index contributed by atoms with van der Waals surface area (Å²) in [5, 5.41) is 11.7. The molecule has 0 heterocycles. The summed E-state index contributed by atoms with van der Waals surface area (Å²) in [6.45, 7) is 6.55. The molecule has 0 aliphatic carbocycles. The smallest absolute Gasteiger partial charge is 0.308 e. The fraction of sp³-hybridized carbons (Fsp3) is 0.500. The largest absolute Gasteiger partial charge is 0.481 e. The SMILES string of the molecule is CCOCCCN(CC(C)C(=O)O)C(=O)c1ccc(NC(C)=O)cc1. The maximum Gasteiger partial charge on any atom is 0.308 e. The normalized spacial score (nSPS) is 11.6. The van der Waals surface area contributed by atoms with Gasteiger partial charge in [0.05, 0.1) is 5.92 Å². The summed E-state index contributed by atoms with van der Waals surface area (Å²) in [4.78, 5) is 36.4. The Morgan fingerprint density at radius 2 is 1.88 bits per heavy atom. The van der Waals surface area contributed by atoms with Gasteiger partial charge in [0, 0.05) is 44.5 Å². The number of carbonyl (C=O) groups excluding carboxylic acids is 2. The van der Waals surface area contributed by atoms with Crippen molar-refractivity contribution < 1.29 is 24.2 Å². The molecular weight excluding hydrogens is 324 g/mol. The maximum absolute atomic E-state index is 12.7. The quantitative estimate of drug-likeness (QED) is 0.631. The zero-order valence-corrected chi connectivity index (χ0v) is 14.9. The Balaban J connectivity index is 2.81. The number of benzene rings is 1. The topological polar surface area (TPSA) is 95.9 Å². The van der Waals surface area contributed by atoms with Gasteiger partial charge in [-0.15, -0.1) is 0 Å². The van der Waals surface area contributed by atoms with E-state index in [0.29, 0.717) is 37.4 Å². The van der Waals surface area contributed by atoms with Crippen LogP contribution in [-0.4, -0.2) is 54.1 Å². The molecule has 1 rings (SSSR count). The van der Waals surface area contributed by atoms with E-state index < -0.39 is 11.9 Å². The Kier molecular flexibility index (Phi) is 8.63. The predicted molar refractivity (Wildman–Crippen MR) is 94.6 cm³/mol. The minimum atomic E-state index is -0.941. The van der Waals surface area contributed by atoms with Crippen LogP contribution in [0.1, 0.15) is 37.6 Å². The number of hydrogen-bond donors (Lipinski definition) is 2. The first kappa shape index (κ1) is 20.6. The van der Waals surface area contributed by atoms with Crippen LogP contribution < -0.4 is 5.32 Å². The number of anilines is 1.